The van der Waals surface area contributed by atoms with E-state index >= 15 is 0 Å². The lowest BCUT2D eigenvalue weighted by Crippen LogP contribution is -2.07. The van der Waals surface area contributed by atoms with Gasteiger partial charge in [0.2, 0.25) is 0 Å². The number of rotatable bonds is 4. The predicted molar refractivity (Wildman–Crippen MR) is 40.7 cm³/mol. The van der Waals surface area contributed by atoms with Crippen molar-refractivity contribution in [3.8, 4) is 0 Å². The first kappa shape index (κ1) is 9.37. The monoisotopic (exact) mass is 142 g/mol. The zero-order valence-corrected chi connectivity index (χ0v) is 6.55. The highest BCUT2D eigenvalue weighted by Crippen LogP contribution is 2.09. The number of aliphatic hydroxyl groups excluding tert-OH is 1. The van der Waals surface area contributed by atoms with Gasteiger partial charge in [-0.1, -0.05) is 19.1 Å². The zero-order chi connectivity index (χ0) is 8.15. The highest BCUT2D eigenvalue weighted by Gasteiger charge is 2.07. The van der Waals surface area contributed by atoms with Crippen molar-refractivity contribution in [3.63, 3.8) is 0 Å². The highest BCUT2D eigenvalue weighted by molar-refractivity contribution is 5.78. The molecule has 0 heterocycles. The summed E-state index contributed by atoms with van der Waals surface area (Å²) in [7, 11) is 0. The van der Waals surface area contributed by atoms with Crippen molar-refractivity contribution in [2.24, 2.45) is 5.92 Å². The van der Waals surface area contributed by atoms with Crippen molar-refractivity contribution in [3.05, 3.63) is 12.2 Å². The fourth-order valence-corrected chi connectivity index (χ4v) is 0.641. The van der Waals surface area contributed by atoms with Gasteiger partial charge in [0.1, 0.15) is 5.78 Å². The van der Waals surface area contributed by atoms with E-state index < -0.39 is 0 Å². The molecule has 1 atom stereocenters. The molecular weight excluding hydrogens is 128 g/mol. The van der Waals surface area contributed by atoms with Crippen molar-refractivity contribution in [2.45, 2.75) is 20.3 Å². The molecule has 0 amide bonds. The van der Waals surface area contributed by atoms with Gasteiger partial charge in [0.25, 0.3) is 0 Å². The van der Waals surface area contributed by atoms with Gasteiger partial charge in [0.15, 0.2) is 0 Å². The Hall–Kier alpha value is -0.630. The number of Topliss-reactive ketones (excluding diaryl/α,β-unsaturated/α-hetero) is 1. The van der Waals surface area contributed by atoms with E-state index in [2.05, 4.69) is 6.58 Å². The average molecular weight is 142 g/mol. The van der Waals surface area contributed by atoms with Gasteiger partial charge in [-0.2, -0.15) is 0 Å². The maximum Gasteiger partial charge on any atom is 0.132 e. The van der Waals surface area contributed by atoms with E-state index in [0.29, 0.717) is 6.42 Å². The van der Waals surface area contributed by atoms with Crippen LogP contribution in [0.1, 0.15) is 20.3 Å². The van der Waals surface area contributed by atoms with Crippen LogP contribution in [0.15, 0.2) is 12.2 Å². The summed E-state index contributed by atoms with van der Waals surface area (Å²) in [6.07, 6.45) is 0.603. The summed E-state index contributed by atoms with van der Waals surface area (Å²) >= 11 is 0. The third kappa shape index (κ3) is 3.41. The summed E-state index contributed by atoms with van der Waals surface area (Å²) < 4.78 is 0. The van der Waals surface area contributed by atoms with Crippen molar-refractivity contribution in [1.82, 2.24) is 0 Å². The maximum atomic E-state index is 10.7. The molecule has 1 N–H and O–H groups in total. The second kappa shape index (κ2) is 4.23. The smallest absolute Gasteiger partial charge is 0.132 e. The van der Waals surface area contributed by atoms with Gasteiger partial charge in [-0.25, -0.2) is 0 Å². The number of carbonyl (C=O) groups excluding carboxylic acids is 1. The van der Waals surface area contributed by atoms with Crippen molar-refractivity contribution >= 4 is 5.78 Å². The van der Waals surface area contributed by atoms with Crippen LogP contribution in [0.4, 0.5) is 0 Å². The first-order valence-corrected chi connectivity index (χ1v) is 3.36. The Kier molecular flexibility index (Phi) is 3.96. The van der Waals surface area contributed by atoms with Crippen molar-refractivity contribution in [2.75, 3.05) is 6.61 Å². The van der Waals surface area contributed by atoms with Crippen LogP contribution in [0.25, 0.3) is 0 Å². The molecule has 0 fully saturated rings. The van der Waals surface area contributed by atoms with Gasteiger partial charge in [0, 0.05) is 5.92 Å². The van der Waals surface area contributed by atoms with Crippen LogP contribution in [0.3, 0.4) is 0 Å². The minimum atomic E-state index is -0.0162. The van der Waals surface area contributed by atoms with E-state index in [9.17, 15) is 4.79 Å². The summed E-state index contributed by atoms with van der Waals surface area (Å²) in [5, 5.41) is 8.55. The van der Waals surface area contributed by atoms with Crippen LogP contribution in [-0.2, 0) is 4.79 Å². The second-order valence-electron chi connectivity index (χ2n) is 2.62. The number of carbonyl (C=O) groups is 1. The molecule has 0 saturated heterocycles. The Morgan fingerprint density at radius 2 is 2.20 bits per heavy atom. The minimum Gasteiger partial charge on any atom is -0.392 e. The molecule has 0 aliphatic heterocycles. The van der Waals surface area contributed by atoms with Crippen LogP contribution in [0.2, 0.25) is 0 Å². The van der Waals surface area contributed by atoms with Gasteiger partial charge in [-0.15, -0.1) is 0 Å². The number of hydrogen-bond donors (Lipinski definition) is 1. The van der Waals surface area contributed by atoms with Crippen LogP contribution in [0, 0.1) is 5.92 Å². The van der Waals surface area contributed by atoms with E-state index in [0.717, 1.165) is 5.57 Å². The zero-order valence-electron chi connectivity index (χ0n) is 6.55. The van der Waals surface area contributed by atoms with E-state index in [-0.39, 0.29) is 18.3 Å². The largest absolute Gasteiger partial charge is 0.392 e. The minimum absolute atomic E-state index is 0.000324. The van der Waals surface area contributed by atoms with Gasteiger partial charge in [0.05, 0.1) is 6.61 Å². The lowest BCUT2D eigenvalue weighted by Gasteiger charge is -2.06. The summed E-state index contributed by atoms with van der Waals surface area (Å²) in [6, 6.07) is 0. The summed E-state index contributed by atoms with van der Waals surface area (Å²) in [5.74, 6) is 0.147. The number of ketones is 1. The van der Waals surface area contributed by atoms with Crippen LogP contribution >= 0.6 is 0 Å². The Balaban J connectivity index is 3.68. The molecule has 2 heteroatoms. The molecule has 0 spiro atoms. The van der Waals surface area contributed by atoms with E-state index in [1.54, 1.807) is 6.92 Å². The van der Waals surface area contributed by atoms with Gasteiger partial charge in [-0.05, 0) is 13.3 Å². The topological polar surface area (TPSA) is 37.3 Å². The van der Waals surface area contributed by atoms with Gasteiger partial charge >= 0.3 is 0 Å². The molecular formula is C8H14O2. The highest BCUT2D eigenvalue weighted by atomic mass is 16.3. The molecule has 0 aromatic rings. The molecule has 0 aromatic carbocycles. The molecule has 0 aromatic heterocycles. The van der Waals surface area contributed by atoms with Crippen LogP contribution in [0.5, 0.6) is 0 Å². The van der Waals surface area contributed by atoms with Crippen molar-refractivity contribution in [1.29, 1.82) is 0 Å². The quantitative estimate of drug-likeness (QED) is 0.598. The molecule has 0 rings (SSSR count). The Labute approximate surface area is 61.6 Å². The molecule has 0 unspecified atom stereocenters. The SMILES string of the molecule is C=C(CO)C[C@H](C)C(C)=O. The standard InChI is InChI=1S/C8H14O2/c1-6(5-9)4-7(2)8(3)10/h7,9H,1,4-5H2,2-3H3/t7-/m0/s1. The van der Waals surface area contributed by atoms with Crippen LogP contribution in [-0.4, -0.2) is 17.5 Å². The molecule has 0 radical (unpaired) electrons. The number of aliphatic hydroxyl groups is 1. The summed E-state index contributed by atoms with van der Waals surface area (Å²) in [4.78, 5) is 10.7. The summed E-state index contributed by atoms with van der Waals surface area (Å²) in [5.41, 5.74) is 0.725. The van der Waals surface area contributed by atoms with Crippen LogP contribution < -0.4 is 0 Å². The van der Waals surface area contributed by atoms with Crippen molar-refractivity contribution < 1.29 is 9.90 Å². The molecule has 0 aliphatic carbocycles. The molecule has 58 valence electrons. The predicted octanol–water partition coefficient (Wildman–Crippen LogP) is 1.15. The van der Waals surface area contributed by atoms with E-state index in [4.69, 9.17) is 5.11 Å². The Bertz CT molecular complexity index is 138. The maximum absolute atomic E-state index is 10.7. The lowest BCUT2D eigenvalue weighted by atomic mass is 9.99. The van der Waals surface area contributed by atoms with E-state index in [1.165, 1.54) is 0 Å². The third-order valence-electron chi connectivity index (χ3n) is 1.51. The first-order valence-electron chi connectivity index (χ1n) is 3.36. The Morgan fingerprint density at radius 1 is 1.70 bits per heavy atom. The second-order valence-corrected chi connectivity index (χ2v) is 2.62. The lowest BCUT2D eigenvalue weighted by molar-refractivity contribution is -0.120. The average Bonchev–Trinajstić information content (AvgIpc) is 1.87. The molecule has 0 aliphatic rings. The number of hydrogen-bond acceptors (Lipinski definition) is 2. The molecule has 0 bridgehead atoms. The molecule has 0 saturated carbocycles. The normalized spacial score (nSPS) is 12.7. The first-order chi connectivity index (χ1) is 4.57. The van der Waals surface area contributed by atoms with E-state index in [1.807, 2.05) is 6.92 Å². The van der Waals surface area contributed by atoms with Gasteiger partial charge in [-0.3, -0.25) is 4.79 Å². The van der Waals surface area contributed by atoms with Gasteiger partial charge < -0.3 is 5.11 Å². The Morgan fingerprint density at radius 3 is 2.50 bits per heavy atom. The summed E-state index contributed by atoms with van der Waals surface area (Å²) in [6.45, 7) is 6.96. The fourth-order valence-electron chi connectivity index (χ4n) is 0.641. The molecule has 10 heavy (non-hydrogen) atoms. The molecule has 2 nitrogen and oxygen atoms in total. The third-order valence-corrected chi connectivity index (χ3v) is 1.51. The fraction of sp³-hybridized carbons (Fsp3) is 0.625.